The van der Waals surface area contributed by atoms with Gasteiger partial charge in [-0.3, -0.25) is 13.6 Å². The minimum atomic E-state index is -2.42. The highest BCUT2D eigenvalue weighted by Gasteiger charge is 2.43. The van der Waals surface area contributed by atoms with Gasteiger partial charge in [0.1, 0.15) is 17.5 Å². The molecular weight excluding hydrogens is 473 g/mol. The topological polar surface area (TPSA) is 91.1 Å². The Morgan fingerprint density at radius 1 is 1.26 bits per heavy atom. The van der Waals surface area contributed by atoms with Gasteiger partial charge in [-0.1, -0.05) is 17.3 Å². The molecule has 182 valence electrons. The molecule has 2 N–H and O–H groups in total. The Bertz CT molecular complexity index is 1250. The van der Waals surface area contributed by atoms with E-state index in [2.05, 4.69) is 9.88 Å². The summed E-state index contributed by atoms with van der Waals surface area (Å²) in [6.45, 7) is 0.682. The number of nitrogens with zero attached hydrogens (tertiary/aromatic N) is 3. The van der Waals surface area contributed by atoms with Gasteiger partial charge in [0.25, 0.3) is 0 Å². The molecule has 2 fully saturated rings. The molecule has 1 unspecified atom stereocenters. The van der Waals surface area contributed by atoms with Gasteiger partial charge in [-0.05, 0) is 18.9 Å². The number of carbonyl (C=O) groups excluding carboxylic acids is 1. The molecule has 2 aromatic carbocycles. The van der Waals surface area contributed by atoms with E-state index < -0.39 is 33.8 Å². The van der Waals surface area contributed by atoms with Crippen LogP contribution in [0.3, 0.4) is 0 Å². The number of carbonyl (C=O) groups is 1. The predicted molar refractivity (Wildman–Crippen MR) is 122 cm³/mol. The van der Waals surface area contributed by atoms with Gasteiger partial charge in [0, 0.05) is 49.1 Å². The van der Waals surface area contributed by atoms with Crippen molar-refractivity contribution >= 4 is 33.6 Å². The fourth-order valence-electron chi connectivity index (χ4n) is 4.76. The largest absolute Gasteiger partial charge is 0.354 e. The number of urea groups is 1. The summed E-state index contributed by atoms with van der Waals surface area (Å²) in [5.41, 5.74) is -0.0698. The lowest BCUT2D eigenvalue weighted by Crippen LogP contribution is -2.52. The average Bonchev–Trinajstić information content (AvgIpc) is 3.38. The van der Waals surface area contributed by atoms with Gasteiger partial charge in [0.15, 0.2) is 11.4 Å². The van der Waals surface area contributed by atoms with Crippen LogP contribution in [-0.2, 0) is 4.18 Å². The SMILES string of the molecule is COS(C)(O)N[C@H]1C[C@H]2CCN(c3noc4cccc(-c5c(F)cc(F)cc5F)c34)C(=O)N2C1. The molecule has 2 saturated heterocycles. The second-order valence-electron chi connectivity index (χ2n) is 8.48. The molecule has 0 bridgehead atoms. The van der Waals surface area contributed by atoms with Gasteiger partial charge in [-0.2, -0.15) is 0 Å². The van der Waals surface area contributed by atoms with Gasteiger partial charge in [-0.15, -0.1) is 10.8 Å². The van der Waals surface area contributed by atoms with Crippen LogP contribution in [0.25, 0.3) is 22.1 Å². The second kappa shape index (κ2) is 8.45. The van der Waals surface area contributed by atoms with E-state index in [1.54, 1.807) is 23.3 Å². The van der Waals surface area contributed by atoms with Crippen LogP contribution in [0.1, 0.15) is 12.8 Å². The van der Waals surface area contributed by atoms with E-state index in [1.165, 1.54) is 18.1 Å². The molecule has 3 atom stereocenters. The number of amides is 2. The average molecular weight is 497 g/mol. The Labute approximate surface area is 195 Å². The number of aromatic nitrogens is 1. The minimum Gasteiger partial charge on any atom is -0.354 e. The Balaban J connectivity index is 1.50. The number of anilines is 1. The van der Waals surface area contributed by atoms with Crippen LogP contribution in [0.5, 0.6) is 0 Å². The predicted octanol–water partition coefficient (Wildman–Crippen LogP) is 4.66. The zero-order chi connectivity index (χ0) is 24.2. The Kier molecular flexibility index (Phi) is 5.71. The van der Waals surface area contributed by atoms with E-state index in [9.17, 15) is 22.5 Å². The fraction of sp³-hybridized carbons (Fsp3) is 0.364. The van der Waals surface area contributed by atoms with Crippen LogP contribution in [0, 0.1) is 17.5 Å². The number of halogens is 3. The zero-order valence-corrected chi connectivity index (χ0v) is 19.2. The van der Waals surface area contributed by atoms with Crippen LogP contribution < -0.4 is 9.62 Å². The molecule has 5 rings (SSSR count). The summed E-state index contributed by atoms with van der Waals surface area (Å²) >= 11 is 0. The molecule has 1 aromatic heterocycles. The number of hydrogen-bond donors (Lipinski definition) is 2. The highest BCUT2D eigenvalue weighted by atomic mass is 32.3. The summed E-state index contributed by atoms with van der Waals surface area (Å²) in [5, 5.41) is 4.31. The smallest absolute Gasteiger partial charge is 0.326 e. The summed E-state index contributed by atoms with van der Waals surface area (Å²) in [5.74, 6) is -3.02. The van der Waals surface area contributed by atoms with Crippen LogP contribution >= 0.6 is 10.8 Å². The van der Waals surface area contributed by atoms with Crippen molar-refractivity contribution < 1.29 is 31.2 Å². The first-order valence-electron chi connectivity index (χ1n) is 10.6. The van der Waals surface area contributed by atoms with Crippen LogP contribution in [0.4, 0.5) is 23.8 Å². The van der Waals surface area contributed by atoms with Gasteiger partial charge in [0.2, 0.25) is 0 Å². The molecule has 2 aliphatic rings. The number of benzene rings is 2. The molecular formula is C22H23F3N4O4S. The molecule has 0 saturated carbocycles. The zero-order valence-electron chi connectivity index (χ0n) is 18.4. The molecule has 12 heteroatoms. The first-order chi connectivity index (χ1) is 16.2. The van der Waals surface area contributed by atoms with Crippen LogP contribution in [0.2, 0.25) is 0 Å². The molecule has 0 aliphatic carbocycles. The molecule has 34 heavy (non-hydrogen) atoms. The van der Waals surface area contributed by atoms with Gasteiger partial charge in [-0.25, -0.2) is 22.7 Å². The normalized spacial score (nSPS) is 23.3. The molecule has 0 spiro atoms. The summed E-state index contributed by atoms with van der Waals surface area (Å²) in [4.78, 5) is 16.5. The van der Waals surface area contributed by atoms with Gasteiger partial charge < -0.3 is 9.42 Å². The number of rotatable bonds is 5. The lowest BCUT2D eigenvalue weighted by atomic mass is 9.99. The summed E-state index contributed by atoms with van der Waals surface area (Å²) < 4.78 is 66.5. The van der Waals surface area contributed by atoms with Crippen molar-refractivity contribution in [1.29, 1.82) is 0 Å². The van der Waals surface area contributed by atoms with E-state index in [0.717, 1.165) is 0 Å². The lowest BCUT2D eigenvalue weighted by molar-refractivity contribution is 0.185. The highest BCUT2D eigenvalue weighted by Crippen LogP contribution is 2.41. The van der Waals surface area contributed by atoms with Crippen molar-refractivity contribution in [2.45, 2.75) is 24.9 Å². The summed E-state index contributed by atoms with van der Waals surface area (Å²) in [6.07, 6.45) is 2.85. The van der Waals surface area contributed by atoms with Crippen molar-refractivity contribution in [3.8, 4) is 11.1 Å². The molecule has 3 heterocycles. The van der Waals surface area contributed by atoms with Gasteiger partial charge in [0.05, 0.1) is 18.1 Å². The van der Waals surface area contributed by atoms with Crippen molar-refractivity contribution in [1.82, 2.24) is 14.8 Å². The van der Waals surface area contributed by atoms with Crippen molar-refractivity contribution in [3.05, 3.63) is 47.8 Å². The lowest BCUT2D eigenvalue weighted by Gasteiger charge is -2.36. The van der Waals surface area contributed by atoms with Crippen molar-refractivity contribution in [3.63, 3.8) is 0 Å². The fourth-order valence-corrected chi connectivity index (χ4v) is 5.65. The standard InChI is InChI=1S/C22H23F3N4O4S/c1-32-34(2,31)27-13-10-14-6-7-28(22(30)29(14)11-13)21-20-15(4-3-5-18(20)33-26-21)19-16(24)8-12(23)9-17(19)25/h3-5,8-9,13-14,27,31H,6-7,10-11H2,1-2H3/t13-,14+/m0/s1. The number of hydrogen-bond acceptors (Lipinski definition) is 6. The highest BCUT2D eigenvalue weighted by molar-refractivity contribution is 8.22. The van der Waals surface area contributed by atoms with Crippen molar-refractivity contribution in [2.75, 3.05) is 31.4 Å². The minimum absolute atomic E-state index is 0.0297. The molecule has 2 aliphatic heterocycles. The molecule has 0 radical (unpaired) electrons. The van der Waals surface area contributed by atoms with Crippen molar-refractivity contribution in [2.24, 2.45) is 0 Å². The van der Waals surface area contributed by atoms with Crippen LogP contribution in [-0.4, -0.2) is 59.2 Å². The van der Waals surface area contributed by atoms with E-state index in [4.69, 9.17) is 8.71 Å². The first kappa shape index (κ1) is 23.0. The maximum atomic E-state index is 14.6. The van der Waals surface area contributed by atoms with E-state index >= 15 is 0 Å². The Morgan fingerprint density at radius 2 is 2.00 bits per heavy atom. The Hall–Kier alpha value is -2.80. The second-order valence-corrected chi connectivity index (χ2v) is 10.7. The maximum absolute atomic E-state index is 14.6. The van der Waals surface area contributed by atoms with Gasteiger partial charge >= 0.3 is 6.03 Å². The third-order valence-electron chi connectivity index (χ3n) is 6.30. The van der Waals surface area contributed by atoms with Crippen LogP contribution in [0.15, 0.2) is 34.9 Å². The number of nitrogens with one attached hydrogen (secondary N) is 1. The number of fused-ring (bicyclic) bond motifs is 2. The molecule has 2 amide bonds. The maximum Gasteiger partial charge on any atom is 0.326 e. The Morgan fingerprint density at radius 3 is 2.71 bits per heavy atom. The quantitative estimate of drug-likeness (QED) is 0.534. The summed E-state index contributed by atoms with van der Waals surface area (Å²) in [6, 6.07) is 5.32. The first-order valence-corrected chi connectivity index (χ1v) is 12.6. The summed E-state index contributed by atoms with van der Waals surface area (Å²) in [7, 11) is -1.01. The monoisotopic (exact) mass is 496 g/mol. The van der Waals surface area contributed by atoms with E-state index in [-0.39, 0.29) is 40.5 Å². The molecule has 8 nitrogen and oxygen atoms in total. The van der Waals surface area contributed by atoms with E-state index in [0.29, 0.717) is 38.1 Å². The third-order valence-corrected chi connectivity index (χ3v) is 7.72. The van der Waals surface area contributed by atoms with E-state index in [1.807, 2.05) is 0 Å². The molecule has 3 aromatic rings. The third kappa shape index (κ3) is 3.90.